The van der Waals surface area contributed by atoms with Gasteiger partial charge < -0.3 is 11.1 Å². The number of hydrogen-bond donors (Lipinski definition) is 2. The van der Waals surface area contributed by atoms with Gasteiger partial charge in [-0.05, 0) is 12.8 Å². The molecular weight excluding hydrogens is 232 g/mol. The molecule has 0 aromatic carbocycles. The third kappa shape index (κ3) is 8.13. The molecular formula is C13H26N2OS. The lowest BCUT2D eigenvalue weighted by Gasteiger charge is -2.13. The fourth-order valence-electron chi connectivity index (χ4n) is 1.76. The second kappa shape index (κ2) is 10.5. The summed E-state index contributed by atoms with van der Waals surface area (Å²) in [4.78, 5) is 12.0. The maximum absolute atomic E-state index is 11.7. The molecule has 0 spiro atoms. The lowest BCUT2D eigenvalue weighted by atomic mass is 10.1. The van der Waals surface area contributed by atoms with E-state index in [-0.39, 0.29) is 11.8 Å². The molecule has 0 heterocycles. The van der Waals surface area contributed by atoms with Crippen LogP contribution in [-0.2, 0) is 4.79 Å². The minimum Gasteiger partial charge on any atom is -0.393 e. The van der Waals surface area contributed by atoms with Crippen LogP contribution in [0.2, 0.25) is 0 Å². The number of amides is 1. The van der Waals surface area contributed by atoms with E-state index in [2.05, 4.69) is 12.2 Å². The highest BCUT2D eigenvalue weighted by Gasteiger charge is 2.18. The number of nitrogens with one attached hydrogen (secondary N) is 1. The summed E-state index contributed by atoms with van der Waals surface area (Å²) in [7, 11) is 0. The van der Waals surface area contributed by atoms with Gasteiger partial charge in [0.2, 0.25) is 5.91 Å². The largest absolute Gasteiger partial charge is 0.393 e. The van der Waals surface area contributed by atoms with Crippen LogP contribution in [0.5, 0.6) is 0 Å². The Morgan fingerprint density at radius 3 is 2.29 bits per heavy atom. The summed E-state index contributed by atoms with van der Waals surface area (Å²) in [5.41, 5.74) is 5.50. The molecule has 0 aromatic heterocycles. The number of rotatable bonds is 10. The lowest BCUT2D eigenvalue weighted by molar-refractivity contribution is -0.123. The van der Waals surface area contributed by atoms with Crippen LogP contribution >= 0.6 is 12.2 Å². The Bertz CT molecular complexity index is 231. The first kappa shape index (κ1) is 16.4. The van der Waals surface area contributed by atoms with Gasteiger partial charge in [-0.2, -0.15) is 0 Å². The molecule has 0 fully saturated rings. The van der Waals surface area contributed by atoms with E-state index in [1.165, 1.54) is 32.1 Å². The quantitative estimate of drug-likeness (QED) is 0.468. The van der Waals surface area contributed by atoms with Crippen molar-refractivity contribution in [2.75, 3.05) is 6.54 Å². The minimum atomic E-state index is -0.301. The molecule has 3 N–H and O–H groups in total. The van der Waals surface area contributed by atoms with E-state index < -0.39 is 0 Å². The predicted octanol–water partition coefficient (Wildman–Crippen LogP) is 2.78. The summed E-state index contributed by atoms with van der Waals surface area (Å²) >= 11 is 4.86. The summed E-state index contributed by atoms with van der Waals surface area (Å²) in [6, 6.07) is 0. The van der Waals surface area contributed by atoms with Gasteiger partial charge in [-0.15, -0.1) is 0 Å². The number of carbonyl (C=O) groups excluding carboxylic acids is 1. The SMILES string of the molecule is CCCCCCCCNC(=O)C(CC)C(N)=S. The van der Waals surface area contributed by atoms with E-state index in [9.17, 15) is 4.79 Å². The molecule has 1 unspecified atom stereocenters. The number of unbranched alkanes of at least 4 members (excludes halogenated alkanes) is 5. The molecule has 1 atom stereocenters. The zero-order valence-electron chi connectivity index (χ0n) is 11.1. The molecule has 3 nitrogen and oxygen atoms in total. The highest BCUT2D eigenvalue weighted by molar-refractivity contribution is 7.80. The van der Waals surface area contributed by atoms with E-state index in [4.69, 9.17) is 18.0 Å². The van der Waals surface area contributed by atoms with E-state index in [0.717, 1.165) is 13.0 Å². The van der Waals surface area contributed by atoms with E-state index in [0.29, 0.717) is 11.4 Å². The molecule has 0 aliphatic carbocycles. The van der Waals surface area contributed by atoms with Crippen molar-refractivity contribution in [2.24, 2.45) is 11.7 Å². The Labute approximate surface area is 111 Å². The topological polar surface area (TPSA) is 55.1 Å². The number of nitrogens with two attached hydrogens (primary N) is 1. The summed E-state index contributed by atoms with van der Waals surface area (Å²) in [5, 5.41) is 2.90. The standard InChI is InChI=1S/C13H26N2OS/c1-3-5-6-7-8-9-10-15-13(16)11(4-2)12(14)17/h11H,3-10H2,1-2H3,(H2,14,17)(H,15,16). The van der Waals surface area contributed by atoms with Crippen molar-refractivity contribution in [1.82, 2.24) is 5.32 Å². The normalized spacial score (nSPS) is 12.1. The fraction of sp³-hybridized carbons (Fsp3) is 0.846. The highest BCUT2D eigenvalue weighted by atomic mass is 32.1. The Hall–Kier alpha value is -0.640. The molecule has 0 saturated carbocycles. The molecule has 0 rings (SSSR count). The van der Waals surface area contributed by atoms with Crippen molar-refractivity contribution in [3.63, 3.8) is 0 Å². The Morgan fingerprint density at radius 1 is 1.18 bits per heavy atom. The van der Waals surface area contributed by atoms with Gasteiger partial charge >= 0.3 is 0 Å². The monoisotopic (exact) mass is 258 g/mol. The van der Waals surface area contributed by atoms with E-state index in [1.54, 1.807) is 0 Å². The van der Waals surface area contributed by atoms with Crippen LogP contribution in [0.4, 0.5) is 0 Å². The van der Waals surface area contributed by atoms with Crippen LogP contribution in [0.1, 0.15) is 58.8 Å². The van der Waals surface area contributed by atoms with E-state index in [1.807, 2.05) is 6.92 Å². The van der Waals surface area contributed by atoms with Gasteiger partial charge in [0.25, 0.3) is 0 Å². The molecule has 0 bridgehead atoms. The van der Waals surface area contributed by atoms with Crippen LogP contribution in [0.3, 0.4) is 0 Å². The Kier molecular flexibility index (Phi) is 10.1. The first-order valence-corrected chi connectivity index (χ1v) is 7.11. The zero-order valence-corrected chi connectivity index (χ0v) is 11.9. The van der Waals surface area contributed by atoms with Crippen molar-refractivity contribution < 1.29 is 4.79 Å². The predicted molar refractivity (Wildman–Crippen MR) is 77.0 cm³/mol. The summed E-state index contributed by atoms with van der Waals surface area (Å²) in [5.74, 6) is -0.321. The molecule has 0 saturated heterocycles. The number of hydrogen-bond acceptors (Lipinski definition) is 2. The first-order valence-electron chi connectivity index (χ1n) is 6.70. The Morgan fingerprint density at radius 2 is 1.76 bits per heavy atom. The van der Waals surface area contributed by atoms with Crippen molar-refractivity contribution in [1.29, 1.82) is 0 Å². The molecule has 4 heteroatoms. The summed E-state index contributed by atoms with van der Waals surface area (Å²) < 4.78 is 0. The lowest BCUT2D eigenvalue weighted by Crippen LogP contribution is -2.37. The smallest absolute Gasteiger partial charge is 0.229 e. The van der Waals surface area contributed by atoms with Gasteiger partial charge in [-0.3, -0.25) is 4.79 Å². The average Bonchev–Trinajstić information content (AvgIpc) is 2.28. The number of thiocarbonyl (C=S) groups is 1. The molecule has 0 aliphatic heterocycles. The van der Waals surface area contributed by atoms with Crippen LogP contribution in [-0.4, -0.2) is 17.4 Å². The maximum atomic E-state index is 11.7. The van der Waals surface area contributed by atoms with Gasteiger partial charge in [-0.25, -0.2) is 0 Å². The first-order chi connectivity index (χ1) is 8.13. The average molecular weight is 258 g/mol. The zero-order chi connectivity index (χ0) is 13.1. The summed E-state index contributed by atoms with van der Waals surface area (Å²) in [6.07, 6.45) is 8.05. The van der Waals surface area contributed by atoms with Crippen LogP contribution in [0, 0.1) is 5.92 Å². The molecule has 0 aliphatic rings. The molecule has 100 valence electrons. The Balaban J connectivity index is 3.53. The van der Waals surface area contributed by atoms with Crippen molar-refractivity contribution in [3.05, 3.63) is 0 Å². The molecule has 17 heavy (non-hydrogen) atoms. The van der Waals surface area contributed by atoms with Gasteiger partial charge in [0.15, 0.2) is 0 Å². The van der Waals surface area contributed by atoms with Crippen molar-refractivity contribution in [3.8, 4) is 0 Å². The second-order valence-electron chi connectivity index (χ2n) is 4.42. The van der Waals surface area contributed by atoms with Gasteiger partial charge in [-0.1, -0.05) is 58.2 Å². The fourth-order valence-corrected chi connectivity index (χ4v) is 2.03. The van der Waals surface area contributed by atoms with Crippen LogP contribution in [0.25, 0.3) is 0 Å². The third-order valence-electron chi connectivity index (χ3n) is 2.90. The van der Waals surface area contributed by atoms with Crippen LogP contribution < -0.4 is 11.1 Å². The van der Waals surface area contributed by atoms with Gasteiger partial charge in [0.05, 0.1) is 10.9 Å². The highest BCUT2D eigenvalue weighted by Crippen LogP contribution is 2.05. The summed E-state index contributed by atoms with van der Waals surface area (Å²) in [6.45, 7) is 4.87. The minimum absolute atomic E-state index is 0.0199. The van der Waals surface area contributed by atoms with Crippen molar-refractivity contribution in [2.45, 2.75) is 58.8 Å². The third-order valence-corrected chi connectivity index (χ3v) is 3.18. The second-order valence-corrected chi connectivity index (χ2v) is 4.89. The van der Waals surface area contributed by atoms with Gasteiger partial charge in [0, 0.05) is 6.54 Å². The van der Waals surface area contributed by atoms with Crippen molar-refractivity contribution >= 4 is 23.1 Å². The molecule has 0 aromatic rings. The van der Waals surface area contributed by atoms with Crippen LogP contribution in [0.15, 0.2) is 0 Å². The van der Waals surface area contributed by atoms with E-state index >= 15 is 0 Å². The molecule has 0 radical (unpaired) electrons. The van der Waals surface area contributed by atoms with Gasteiger partial charge in [0.1, 0.15) is 0 Å². The maximum Gasteiger partial charge on any atom is 0.229 e. The molecule has 1 amide bonds. The number of carbonyl (C=O) groups is 1.